The molecule has 0 radical (unpaired) electrons. The molecule has 2 nitrogen and oxygen atoms in total. The van der Waals surface area contributed by atoms with Crippen LogP contribution in [0.25, 0.3) is 0 Å². The molecule has 3 heteroatoms. The minimum Gasteiger partial charge on any atom is -0.390 e. The normalized spacial score (nSPS) is 14.9. The van der Waals surface area contributed by atoms with Crippen LogP contribution in [0.5, 0.6) is 0 Å². The van der Waals surface area contributed by atoms with Crippen LogP contribution in [0.4, 0.5) is 0 Å². The summed E-state index contributed by atoms with van der Waals surface area (Å²) >= 11 is 3.41. The largest absolute Gasteiger partial charge is 0.390 e. The maximum Gasteiger partial charge on any atom is 0.0672 e. The van der Waals surface area contributed by atoms with Gasteiger partial charge in [-0.15, -0.1) is 0 Å². The SMILES string of the molecule is CC(C)NCCC(C)(O)Cc1ccc(Br)cc1. The first-order valence-corrected chi connectivity index (χ1v) is 6.88. The van der Waals surface area contributed by atoms with Crippen LogP contribution in [-0.4, -0.2) is 23.3 Å². The number of hydrogen-bond acceptors (Lipinski definition) is 2. The molecule has 1 rings (SSSR count). The Morgan fingerprint density at radius 2 is 1.88 bits per heavy atom. The van der Waals surface area contributed by atoms with Gasteiger partial charge in [0, 0.05) is 16.9 Å². The lowest BCUT2D eigenvalue weighted by Crippen LogP contribution is -2.34. The average Bonchev–Trinajstić information content (AvgIpc) is 2.20. The third kappa shape index (κ3) is 6.20. The molecule has 1 atom stereocenters. The first-order valence-electron chi connectivity index (χ1n) is 6.09. The van der Waals surface area contributed by atoms with Crippen LogP contribution in [0, 0.1) is 0 Å². The Bertz CT molecular complexity index is 333. The van der Waals surface area contributed by atoms with E-state index in [9.17, 15) is 5.11 Å². The van der Waals surface area contributed by atoms with Gasteiger partial charge in [0.1, 0.15) is 0 Å². The van der Waals surface area contributed by atoms with Crippen LogP contribution in [0.2, 0.25) is 0 Å². The topological polar surface area (TPSA) is 32.3 Å². The van der Waals surface area contributed by atoms with Gasteiger partial charge >= 0.3 is 0 Å². The predicted octanol–water partition coefficient (Wildman–Crippen LogP) is 3.13. The molecule has 0 saturated heterocycles. The van der Waals surface area contributed by atoms with Crippen molar-refractivity contribution in [2.24, 2.45) is 0 Å². The van der Waals surface area contributed by atoms with Gasteiger partial charge in [-0.3, -0.25) is 0 Å². The summed E-state index contributed by atoms with van der Waals surface area (Å²) in [6.45, 7) is 6.98. The van der Waals surface area contributed by atoms with Gasteiger partial charge in [-0.2, -0.15) is 0 Å². The maximum absolute atomic E-state index is 10.3. The monoisotopic (exact) mass is 299 g/mol. The van der Waals surface area contributed by atoms with Crippen molar-refractivity contribution < 1.29 is 5.11 Å². The van der Waals surface area contributed by atoms with E-state index in [0.29, 0.717) is 12.5 Å². The summed E-state index contributed by atoms with van der Waals surface area (Å²) in [6.07, 6.45) is 1.46. The lowest BCUT2D eigenvalue weighted by Gasteiger charge is -2.24. The molecule has 0 saturated carbocycles. The molecule has 0 aliphatic rings. The molecule has 1 unspecified atom stereocenters. The van der Waals surface area contributed by atoms with Crippen LogP contribution < -0.4 is 5.32 Å². The van der Waals surface area contributed by atoms with E-state index in [-0.39, 0.29) is 0 Å². The Labute approximate surface area is 113 Å². The first-order chi connectivity index (χ1) is 7.89. The zero-order chi connectivity index (χ0) is 12.9. The van der Waals surface area contributed by atoms with E-state index in [4.69, 9.17) is 0 Å². The van der Waals surface area contributed by atoms with Gasteiger partial charge in [0.15, 0.2) is 0 Å². The van der Waals surface area contributed by atoms with Crippen LogP contribution in [0.15, 0.2) is 28.7 Å². The quantitative estimate of drug-likeness (QED) is 0.846. The van der Waals surface area contributed by atoms with Crippen molar-refractivity contribution in [2.75, 3.05) is 6.54 Å². The smallest absolute Gasteiger partial charge is 0.0672 e. The predicted molar refractivity (Wildman–Crippen MR) is 76.2 cm³/mol. The van der Waals surface area contributed by atoms with Crippen molar-refractivity contribution in [1.29, 1.82) is 0 Å². The Kier molecular flexibility index (Phi) is 5.63. The summed E-state index contributed by atoms with van der Waals surface area (Å²) in [5, 5.41) is 13.6. The van der Waals surface area contributed by atoms with Crippen molar-refractivity contribution in [1.82, 2.24) is 5.32 Å². The van der Waals surface area contributed by atoms with E-state index >= 15 is 0 Å². The molecule has 96 valence electrons. The highest BCUT2D eigenvalue weighted by Gasteiger charge is 2.20. The molecule has 0 amide bonds. The maximum atomic E-state index is 10.3. The number of benzene rings is 1. The fourth-order valence-corrected chi connectivity index (χ4v) is 2.02. The van der Waals surface area contributed by atoms with E-state index in [1.807, 2.05) is 19.1 Å². The fourth-order valence-electron chi connectivity index (χ4n) is 1.76. The molecule has 1 aromatic carbocycles. The van der Waals surface area contributed by atoms with Gasteiger partial charge in [0.05, 0.1) is 5.60 Å². The van der Waals surface area contributed by atoms with Crippen molar-refractivity contribution in [2.45, 2.75) is 45.3 Å². The van der Waals surface area contributed by atoms with Gasteiger partial charge in [0.25, 0.3) is 0 Å². The Balaban J connectivity index is 2.45. The molecule has 0 aliphatic heterocycles. The molecule has 0 heterocycles. The molecular formula is C14H22BrNO. The second-order valence-corrected chi connectivity index (χ2v) is 6.07. The van der Waals surface area contributed by atoms with Crippen molar-refractivity contribution in [3.05, 3.63) is 34.3 Å². The van der Waals surface area contributed by atoms with E-state index < -0.39 is 5.60 Å². The third-order valence-electron chi connectivity index (χ3n) is 2.71. The Morgan fingerprint density at radius 3 is 2.41 bits per heavy atom. The van der Waals surface area contributed by atoms with Gasteiger partial charge in [-0.05, 0) is 37.6 Å². The van der Waals surface area contributed by atoms with Crippen LogP contribution in [-0.2, 0) is 6.42 Å². The zero-order valence-electron chi connectivity index (χ0n) is 10.8. The van der Waals surface area contributed by atoms with E-state index in [1.165, 1.54) is 5.56 Å². The minimum atomic E-state index is -0.643. The summed E-state index contributed by atoms with van der Waals surface area (Å²) in [5.41, 5.74) is 0.526. The molecule has 0 bridgehead atoms. The average molecular weight is 300 g/mol. The zero-order valence-corrected chi connectivity index (χ0v) is 12.4. The number of halogens is 1. The van der Waals surface area contributed by atoms with Gasteiger partial charge in [-0.1, -0.05) is 41.9 Å². The Hall–Kier alpha value is -0.380. The van der Waals surface area contributed by atoms with Crippen molar-refractivity contribution in [3.8, 4) is 0 Å². The summed E-state index contributed by atoms with van der Waals surface area (Å²) in [6, 6.07) is 8.59. The number of rotatable bonds is 6. The Morgan fingerprint density at radius 1 is 1.29 bits per heavy atom. The van der Waals surface area contributed by atoms with Crippen LogP contribution in [0.3, 0.4) is 0 Å². The number of nitrogens with one attached hydrogen (secondary N) is 1. The molecule has 0 spiro atoms. The molecule has 1 aromatic rings. The first kappa shape index (κ1) is 14.7. The van der Waals surface area contributed by atoms with E-state index in [2.05, 4.69) is 47.2 Å². The summed E-state index contributed by atoms with van der Waals surface area (Å²) in [4.78, 5) is 0. The molecule has 0 aliphatic carbocycles. The minimum absolute atomic E-state index is 0.471. The van der Waals surface area contributed by atoms with Crippen LogP contribution >= 0.6 is 15.9 Å². The van der Waals surface area contributed by atoms with Crippen LogP contribution in [0.1, 0.15) is 32.8 Å². The van der Waals surface area contributed by atoms with Crippen molar-refractivity contribution >= 4 is 15.9 Å². The van der Waals surface area contributed by atoms with E-state index in [0.717, 1.165) is 17.4 Å². The molecule has 17 heavy (non-hydrogen) atoms. The number of hydrogen-bond donors (Lipinski definition) is 2. The lowest BCUT2D eigenvalue weighted by molar-refractivity contribution is 0.0511. The van der Waals surface area contributed by atoms with Crippen molar-refractivity contribution in [3.63, 3.8) is 0 Å². The molecular weight excluding hydrogens is 278 g/mol. The van der Waals surface area contributed by atoms with Gasteiger partial charge < -0.3 is 10.4 Å². The summed E-state index contributed by atoms with van der Waals surface area (Å²) < 4.78 is 1.07. The van der Waals surface area contributed by atoms with Gasteiger partial charge in [0.2, 0.25) is 0 Å². The molecule has 2 N–H and O–H groups in total. The lowest BCUT2D eigenvalue weighted by atomic mass is 9.93. The van der Waals surface area contributed by atoms with E-state index in [1.54, 1.807) is 0 Å². The standard InChI is InChI=1S/C14H22BrNO/c1-11(2)16-9-8-14(3,17)10-12-4-6-13(15)7-5-12/h4-7,11,16-17H,8-10H2,1-3H3. The fraction of sp³-hybridized carbons (Fsp3) is 0.571. The number of aliphatic hydroxyl groups is 1. The second-order valence-electron chi connectivity index (χ2n) is 5.16. The highest BCUT2D eigenvalue weighted by atomic mass is 79.9. The highest BCUT2D eigenvalue weighted by molar-refractivity contribution is 9.10. The summed E-state index contributed by atoms with van der Waals surface area (Å²) in [5.74, 6) is 0. The summed E-state index contributed by atoms with van der Waals surface area (Å²) in [7, 11) is 0. The highest BCUT2D eigenvalue weighted by Crippen LogP contribution is 2.18. The molecule has 0 aromatic heterocycles. The molecule has 0 fully saturated rings. The van der Waals surface area contributed by atoms with Gasteiger partial charge in [-0.25, -0.2) is 0 Å². The third-order valence-corrected chi connectivity index (χ3v) is 3.24. The second kappa shape index (κ2) is 6.53.